The van der Waals surface area contributed by atoms with Crippen LogP contribution in [-0.4, -0.2) is 21.8 Å². The molecule has 0 fully saturated rings. The lowest BCUT2D eigenvalue weighted by Gasteiger charge is -2.34. The standard InChI is InChI=1S/C61H40N4Si/c62-41-42-28-35-59-53(38-42)50-22-10-14-26-57(50)64(59)44-32-37-61-55(40-44)52-24-12-15-27-58(52)65(61)45-31-36-60-54(39-45)51-23-11-13-25-56(51)63(60)43-29-33-49(34-30-43)66(46-16-4-1-5-17-46,47-18-6-2-7-19-47)48-20-8-3-9-21-48/h1-40H. The van der Waals surface area contributed by atoms with Crippen LogP contribution in [0.15, 0.2) is 243 Å². The molecule has 0 aliphatic rings. The molecule has 0 atom stereocenters. The first-order valence-corrected chi connectivity index (χ1v) is 24.5. The summed E-state index contributed by atoms with van der Waals surface area (Å²) in [6.45, 7) is 0. The molecule has 4 nitrogen and oxygen atoms in total. The van der Waals surface area contributed by atoms with Crippen LogP contribution >= 0.6 is 0 Å². The first-order valence-electron chi connectivity index (χ1n) is 22.5. The quantitative estimate of drug-likeness (QED) is 0.116. The van der Waals surface area contributed by atoms with Crippen molar-refractivity contribution in [2.45, 2.75) is 0 Å². The summed E-state index contributed by atoms with van der Waals surface area (Å²) in [4.78, 5) is 0. The molecule has 0 saturated heterocycles. The van der Waals surface area contributed by atoms with Crippen LogP contribution in [-0.2, 0) is 0 Å². The van der Waals surface area contributed by atoms with Crippen LogP contribution in [0.25, 0.3) is 82.5 Å². The monoisotopic (exact) mass is 856 g/mol. The molecule has 5 heteroatoms. The minimum atomic E-state index is -2.67. The smallest absolute Gasteiger partial charge is 0.179 e. The summed E-state index contributed by atoms with van der Waals surface area (Å²) in [5, 5.41) is 22.2. The molecule has 0 radical (unpaired) electrons. The number of nitriles is 1. The summed E-state index contributed by atoms with van der Waals surface area (Å²) in [7, 11) is -2.67. The SMILES string of the molecule is N#Cc1ccc2c(c1)c1ccccc1n2-c1ccc2c(c1)c1ccccc1n2-c1ccc2c(c1)c1ccccc1n2-c1ccc([Si](c2ccccc2)(c2ccccc2)c2ccccc2)cc1. The maximum Gasteiger partial charge on any atom is 0.179 e. The van der Waals surface area contributed by atoms with Crippen molar-refractivity contribution >= 4 is 94.2 Å². The molecule has 0 unspecified atom stereocenters. The second-order valence-electron chi connectivity index (χ2n) is 17.2. The van der Waals surface area contributed by atoms with Gasteiger partial charge in [-0.1, -0.05) is 158 Å². The number of hydrogen-bond acceptors (Lipinski definition) is 1. The summed E-state index contributed by atoms with van der Waals surface area (Å²) in [5.41, 5.74) is 10.8. The summed E-state index contributed by atoms with van der Waals surface area (Å²) >= 11 is 0. The molecule has 308 valence electrons. The van der Waals surface area contributed by atoms with Gasteiger partial charge in [-0.05, 0) is 106 Å². The Balaban J connectivity index is 0.970. The third kappa shape index (κ3) is 5.56. The lowest BCUT2D eigenvalue weighted by atomic mass is 10.1. The predicted octanol–water partition coefficient (Wildman–Crippen LogP) is 12.2. The largest absolute Gasteiger partial charge is 0.309 e. The number of nitrogens with zero attached hydrogens (tertiary/aromatic N) is 4. The number of benzene rings is 10. The molecule has 0 bridgehead atoms. The molecule has 0 saturated carbocycles. The highest BCUT2D eigenvalue weighted by Crippen LogP contribution is 2.39. The molecule has 0 spiro atoms. The molecule has 13 rings (SSSR count). The van der Waals surface area contributed by atoms with Gasteiger partial charge in [0, 0.05) is 49.4 Å². The van der Waals surface area contributed by atoms with Crippen LogP contribution in [0, 0.1) is 11.3 Å². The van der Waals surface area contributed by atoms with Crippen molar-refractivity contribution in [3.8, 4) is 23.1 Å². The molecule has 3 heterocycles. The fourth-order valence-electron chi connectivity index (χ4n) is 11.0. The molecule has 66 heavy (non-hydrogen) atoms. The van der Waals surface area contributed by atoms with Gasteiger partial charge in [0.2, 0.25) is 0 Å². The molecule has 13 aromatic rings. The second kappa shape index (κ2) is 15.0. The number of hydrogen-bond donors (Lipinski definition) is 0. The Morgan fingerprint density at radius 3 is 1.02 bits per heavy atom. The zero-order valence-electron chi connectivity index (χ0n) is 35.9. The summed E-state index contributed by atoms with van der Waals surface area (Å²) in [6.07, 6.45) is 0. The minimum absolute atomic E-state index is 0.663. The van der Waals surface area contributed by atoms with Crippen LogP contribution < -0.4 is 20.7 Å². The van der Waals surface area contributed by atoms with E-state index in [9.17, 15) is 5.26 Å². The first-order chi connectivity index (χ1) is 32.7. The van der Waals surface area contributed by atoms with Crippen molar-refractivity contribution in [1.29, 1.82) is 5.26 Å². The Kier molecular flexibility index (Phi) is 8.57. The van der Waals surface area contributed by atoms with Crippen molar-refractivity contribution < 1.29 is 0 Å². The van der Waals surface area contributed by atoms with Crippen LogP contribution in [0.1, 0.15) is 5.56 Å². The van der Waals surface area contributed by atoms with Crippen molar-refractivity contribution in [1.82, 2.24) is 13.7 Å². The van der Waals surface area contributed by atoms with E-state index in [1.54, 1.807) is 0 Å². The zero-order chi connectivity index (χ0) is 43.8. The summed E-state index contributed by atoms with van der Waals surface area (Å²) < 4.78 is 7.18. The van der Waals surface area contributed by atoms with Crippen molar-refractivity contribution in [2.24, 2.45) is 0 Å². The average molecular weight is 857 g/mol. The van der Waals surface area contributed by atoms with Gasteiger partial charge in [-0.15, -0.1) is 0 Å². The summed E-state index contributed by atoms with van der Waals surface area (Å²) in [5.74, 6) is 0. The van der Waals surface area contributed by atoms with E-state index in [0.717, 1.165) is 49.9 Å². The third-order valence-corrected chi connectivity index (χ3v) is 18.6. The van der Waals surface area contributed by atoms with Gasteiger partial charge < -0.3 is 13.7 Å². The highest BCUT2D eigenvalue weighted by Gasteiger charge is 2.41. The van der Waals surface area contributed by atoms with Crippen molar-refractivity contribution in [2.75, 3.05) is 0 Å². The van der Waals surface area contributed by atoms with Crippen molar-refractivity contribution in [3.05, 3.63) is 248 Å². The fourth-order valence-corrected chi connectivity index (χ4v) is 15.7. The molecule has 0 aliphatic carbocycles. The Bertz CT molecular complexity index is 3950. The highest BCUT2D eigenvalue weighted by atomic mass is 28.3. The molecule has 0 aliphatic heterocycles. The van der Waals surface area contributed by atoms with Gasteiger partial charge in [0.05, 0.1) is 44.7 Å². The number of para-hydroxylation sites is 3. The molecule has 10 aromatic carbocycles. The third-order valence-electron chi connectivity index (χ3n) is 13.8. The van der Waals surface area contributed by atoms with E-state index < -0.39 is 8.07 Å². The van der Waals surface area contributed by atoms with Gasteiger partial charge >= 0.3 is 0 Å². The fraction of sp³-hybridized carbons (Fsp3) is 0. The molecular weight excluding hydrogens is 817 g/mol. The van der Waals surface area contributed by atoms with E-state index in [-0.39, 0.29) is 0 Å². The number of fused-ring (bicyclic) bond motifs is 9. The van der Waals surface area contributed by atoms with Crippen LogP contribution in [0.3, 0.4) is 0 Å². The maximum atomic E-state index is 9.75. The van der Waals surface area contributed by atoms with E-state index in [1.807, 2.05) is 12.1 Å². The predicted molar refractivity (Wildman–Crippen MR) is 278 cm³/mol. The Hall–Kier alpha value is -8.69. The van der Waals surface area contributed by atoms with Crippen molar-refractivity contribution in [3.63, 3.8) is 0 Å². The molecule has 3 aromatic heterocycles. The van der Waals surface area contributed by atoms with Gasteiger partial charge in [-0.2, -0.15) is 5.26 Å². The second-order valence-corrected chi connectivity index (χ2v) is 21.0. The minimum Gasteiger partial charge on any atom is -0.309 e. The lowest BCUT2D eigenvalue weighted by Crippen LogP contribution is -2.74. The Labute approximate surface area is 382 Å². The van der Waals surface area contributed by atoms with Gasteiger partial charge in [0.1, 0.15) is 0 Å². The normalized spacial score (nSPS) is 11.9. The van der Waals surface area contributed by atoms with E-state index in [0.29, 0.717) is 5.56 Å². The lowest BCUT2D eigenvalue weighted by molar-refractivity contribution is 1.16. The average Bonchev–Trinajstić information content (AvgIpc) is 4.03. The van der Waals surface area contributed by atoms with Gasteiger partial charge in [-0.3, -0.25) is 0 Å². The van der Waals surface area contributed by atoms with Gasteiger partial charge in [0.15, 0.2) is 8.07 Å². The van der Waals surface area contributed by atoms with Crippen LogP contribution in [0.4, 0.5) is 0 Å². The molecular formula is C61H40N4Si. The van der Waals surface area contributed by atoms with E-state index in [2.05, 4.69) is 250 Å². The molecule has 0 amide bonds. The Morgan fingerprint density at radius 2 is 0.591 bits per heavy atom. The van der Waals surface area contributed by atoms with E-state index in [4.69, 9.17) is 0 Å². The van der Waals surface area contributed by atoms with E-state index >= 15 is 0 Å². The number of rotatable bonds is 7. The van der Waals surface area contributed by atoms with E-state index in [1.165, 1.54) is 53.3 Å². The van der Waals surface area contributed by atoms with Crippen LogP contribution in [0.2, 0.25) is 0 Å². The van der Waals surface area contributed by atoms with Gasteiger partial charge in [-0.25, -0.2) is 0 Å². The Morgan fingerprint density at radius 1 is 0.273 bits per heavy atom. The van der Waals surface area contributed by atoms with Gasteiger partial charge in [0.25, 0.3) is 0 Å². The maximum absolute atomic E-state index is 9.75. The first kappa shape index (κ1) is 37.8. The number of aromatic nitrogens is 3. The highest BCUT2D eigenvalue weighted by molar-refractivity contribution is 7.19. The molecule has 0 N–H and O–H groups in total. The van der Waals surface area contributed by atoms with Crippen LogP contribution in [0.5, 0.6) is 0 Å². The summed E-state index contributed by atoms with van der Waals surface area (Å²) in [6, 6.07) is 91.0. The topological polar surface area (TPSA) is 38.6 Å². The zero-order valence-corrected chi connectivity index (χ0v) is 36.9.